The molecule has 1 unspecified atom stereocenters. The third-order valence-electron chi connectivity index (χ3n) is 2.52. The van der Waals surface area contributed by atoms with Crippen molar-refractivity contribution in [1.29, 1.82) is 0 Å². The number of amides is 3. The molecule has 1 atom stereocenters. The molecule has 114 valence electrons. The molecule has 0 saturated heterocycles. The Labute approximate surface area is 131 Å². The second-order valence-corrected chi connectivity index (χ2v) is 5.31. The zero-order chi connectivity index (χ0) is 16.2. The van der Waals surface area contributed by atoms with Crippen molar-refractivity contribution in [2.45, 2.75) is 20.0 Å². The molecule has 3 amide bonds. The number of nitrogens with one attached hydrogen (secondary N) is 1. The highest BCUT2D eigenvalue weighted by atomic mass is 35.5. The monoisotopic (exact) mass is 332 g/mol. The zero-order valence-electron chi connectivity index (χ0n) is 11.4. The van der Waals surface area contributed by atoms with E-state index in [0.717, 1.165) is 0 Å². The molecule has 0 radical (unpaired) electrons. The van der Waals surface area contributed by atoms with E-state index < -0.39 is 24.0 Å². The first-order chi connectivity index (χ1) is 9.73. The summed E-state index contributed by atoms with van der Waals surface area (Å²) < 4.78 is 5.09. The van der Waals surface area contributed by atoms with Crippen molar-refractivity contribution in [3.05, 3.63) is 33.8 Å². The number of urea groups is 1. The number of carbonyl (C=O) groups excluding carboxylic acids is 3. The fourth-order valence-electron chi connectivity index (χ4n) is 1.53. The molecule has 1 aromatic carbocycles. The minimum atomic E-state index is -1.18. The summed E-state index contributed by atoms with van der Waals surface area (Å²) in [7, 11) is 0. The number of halogens is 2. The largest absolute Gasteiger partial charge is 0.448 e. The molecule has 8 heteroatoms. The van der Waals surface area contributed by atoms with E-state index in [4.69, 9.17) is 33.7 Å². The molecule has 0 aliphatic carbocycles. The zero-order valence-corrected chi connectivity index (χ0v) is 12.9. The number of hydrogen-bond donors (Lipinski definition) is 2. The lowest BCUT2D eigenvalue weighted by molar-refractivity contribution is -0.130. The first-order valence-corrected chi connectivity index (χ1v) is 6.75. The minimum Gasteiger partial charge on any atom is -0.448 e. The number of carbonyl (C=O) groups is 3. The van der Waals surface area contributed by atoms with Crippen LogP contribution in [0.4, 0.5) is 4.79 Å². The van der Waals surface area contributed by atoms with Gasteiger partial charge in [-0.1, -0.05) is 43.1 Å². The van der Waals surface area contributed by atoms with Crippen molar-refractivity contribution in [1.82, 2.24) is 5.32 Å². The Morgan fingerprint density at radius 2 is 1.86 bits per heavy atom. The molecule has 0 fully saturated rings. The summed E-state index contributed by atoms with van der Waals surface area (Å²) in [6.07, 6.45) is -1.18. The van der Waals surface area contributed by atoms with Crippen molar-refractivity contribution in [2.75, 3.05) is 0 Å². The highest BCUT2D eigenvalue weighted by Gasteiger charge is 2.28. The van der Waals surface area contributed by atoms with Gasteiger partial charge in [0.15, 0.2) is 6.10 Å². The summed E-state index contributed by atoms with van der Waals surface area (Å²) in [6.45, 7) is 3.30. The highest BCUT2D eigenvalue weighted by Crippen LogP contribution is 2.26. The van der Waals surface area contributed by atoms with Crippen LogP contribution in [-0.4, -0.2) is 24.0 Å². The van der Waals surface area contributed by atoms with Gasteiger partial charge in [-0.05, 0) is 18.1 Å². The fourth-order valence-corrected chi connectivity index (χ4v) is 1.90. The van der Waals surface area contributed by atoms with Crippen molar-refractivity contribution < 1.29 is 19.1 Å². The summed E-state index contributed by atoms with van der Waals surface area (Å²) in [5, 5.41) is 2.09. The second kappa shape index (κ2) is 7.28. The van der Waals surface area contributed by atoms with Gasteiger partial charge in [0, 0.05) is 0 Å². The maximum atomic E-state index is 12.1. The Morgan fingerprint density at radius 1 is 1.24 bits per heavy atom. The van der Waals surface area contributed by atoms with Crippen LogP contribution in [0, 0.1) is 5.92 Å². The summed E-state index contributed by atoms with van der Waals surface area (Å²) in [6, 6.07) is 3.43. The van der Waals surface area contributed by atoms with Gasteiger partial charge in [-0.15, -0.1) is 0 Å². The normalized spacial score (nSPS) is 11.9. The first-order valence-electron chi connectivity index (χ1n) is 5.99. The lowest BCUT2D eigenvalue weighted by Crippen LogP contribution is -2.45. The standard InChI is InChI=1S/C13H14Cl2N2O4/c1-6(2)10(11(18)17-13(16)20)21-12(19)7-4-3-5-8(14)9(7)15/h3-6,10H,1-2H3,(H3,16,17,18,20). The predicted molar refractivity (Wildman–Crippen MR) is 78.2 cm³/mol. The quantitative estimate of drug-likeness (QED) is 0.827. The molecule has 21 heavy (non-hydrogen) atoms. The number of nitrogens with two attached hydrogens (primary N) is 1. The van der Waals surface area contributed by atoms with E-state index in [9.17, 15) is 14.4 Å². The van der Waals surface area contributed by atoms with E-state index in [0.29, 0.717) is 0 Å². The molecule has 1 rings (SSSR count). The third kappa shape index (κ3) is 4.61. The minimum absolute atomic E-state index is 0.0293. The van der Waals surface area contributed by atoms with Crippen LogP contribution in [-0.2, 0) is 9.53 Å². The Bertz CT molecular complexity index is 575. The van der Waals surface area contributed by atoms with E-state index in [2.05, 4.69) is 0 Å². The number of rotatable bonds is 4. The second-order valence-electron chi connectivity index (χ2n) is 4.52. The number of ether oxygens (including phenoxy) is 1. The molecule has 0 spiro atoms. The maximum Gasteiger partial charge on any atom is 0.340 e. The summed E-state index contributed by atoms with van der Waals surface area (Å²) in [5.74, 6) is -1.99. The average molecular weight is 333 g/mol. The van der Waals surface area contributed by atoms with Crippen molar-refractivity contribution in [3.8, 4) is 0 Å². The number of esters is 1. The van der Waals surface area contributed by atoms with E-state index in [1.807, 2.05) is 5.32 Å². The van der Waals surface area contributed by atoms with Crippen LogP contribution in [0.5, 0.6) is 0 Å². The van der Waals surface area contributed by atoms with E-state index in [1.54, 1.807) is 13.8 Å². The number of imide groups is 1. The van der Waals surface area contributed by atoms with Gasteiger partial charge in [0.1, 0.15) is 0 Å². The van der Waals surface area contributed by atoms with Crippen LogP contribution in [0.1, 0.15) is 24.2 Å². The lowest BCUT2D eigenvalue weighted by Gasteiger charge is -2.20. The van der Waals surface area contributed by atoms with Crippen LogP contribution < -0.4 is 11.1 Å². The molecular formula is C13H14Cl2N2O4. The van der Waals surface area contributed by atoms with E-state index in [-0.39, 0.29) is 21.5 Å². The molecule has 0 bridgehead atoms. The number of benzene rings is 1. The molecule has 0 heterocycles. The Hall–Kier alpha value is -1.79. The van der Waals surface area contributed by atoms with Crippen molar-refractivity contribution in [2.24, 2.45) is 11.7 Å². The summed E-state index contributed by atoms with van der Waals surface area (Å²) >= 11 is 11.7. The van der Waals surface area contributed by atoms with Gasteiger partial charge in [0.05, 0.1) is 15.6 Å². The van der Waals surface area contributed by atoms with Crippen LogP contribution in [0.3, 0.4) is 0 Å². The van der Waals surface area contributed by atoms with Crippen LogP contribution in [0.25, 0.3) is 0 Å². The Kier molecular flexibility index (Phi) is 5.99. The van der Waals surface area contributed by atoms with E-state index >= 15 is 0 Å². The molecule has 0 aliphatic heterocycles. The van der Waals surface area contributed by atoms with Crippen LogP contribution >= 0.6 is 23.2 Å². The van der Waals surface area contributed by atoms with E-state index in [1.165, 1.54) is 18.2 Å². The highest BCUT2D eigenvalue weighted by molar-refractivity contribution is 6.43. The molecule has 0 aliphatic rings. The summed E-state index contributed by atoms with van der Waals surface area (Å²) in [5.41, 5.74) is 4.90. The maximum absolute atomic E-state index is 12.1. The van der Waals surface area contributed by atoms with Gasteiger partial charge >= 0.3 is 12.0 Å². The van der Waals surface area contributed by atoms with Gasteiger partial charge in [0.25, 0.3) is 5.91 Å². The predicted octanol–water partition coefficient (Wildman–Crippen LogP) is 2.37. The Morgan fingerprint density at radius 3 is 2.38 bits per heavy atom. The molecule has 6 nitrogen and oxygen atoms in total. The molecule has 0 saturated carbocycles. The SMILES string of the molecule is CC(C)C(OC(=O)c1cccc(Cl)c1Cl)C(=O)NC(N)=O. The van der Waals surface area contributed by atoms with Gasteiger partial charge in [-0.25, -0.2) is 9.59 Å². The van der Waals surface area contributed by atoms with Crippen molar-refractivity contribution >= 4 is 41.1 Å². The van der Waals surface area contributed by atoms with Gasteiger partial charge in [-0.2, -0.15) is 0 Å². The smallest absolute Gasteiger partial charge is 0.340 e. The van der Waals surface area contributed by atoms with Gasteiger partial charge < -0.3 is 10.5 Å². The number of primary amides is 1. The number of hydrogen-bond acceptors (Lipinski definition) is 4. The Balaban J connectivity index is 2.94. The van der Waals surface area contributed by atoms with Crippen LogP contribution in [0.2, 0.25) is 10.0 Å². The van der Waals surface area contributed by atoms with Gasteiger partial charge in [0.2, 0.25) is 0 Å². The third-order valence-corrected chi connectivity index (χ3v) is 3.33. The first kappa shape index (κ1) is 17.3. The van der Waals surface area contributed by atoms with Crippen molar-refractivity contribution in [3.63, 3.8) is 0 Å². The molecular weight excluding hydrogens is 319 g/mol. The van der Waals surface area contributed by atoms with Gasteiger partial charge in [-0.3, -0.25) is 10.1 Å². The molecule has 3 N–H and O–H groups in total. The summed E-state index contributed by atoms with van der Waals surface area (Å²) in [4.78, 5) is 34.5. The fraction of sp³-hybridized carbons (Fsp3) is 0.308. The topological polar surface area (TPSA) is 98.5 Å². The lowest BCUT2D eigenvalue weighted by atomic mass is 10.1. The molecule has 0 aromatic heterocycles. The average Bonchev–Trinajstić information content (AvgIpc) is 2.37. The van der Waals surface area contributed by atoms with Crippen LogP contribution in [0.15, 0.2) is 18.2 Å². The molecule has 1 aromatic rings.